The lowest BCUT2D eigenvalue weighted by Crippen LogP contribution is -2.27. The zero-order valence-electron chi connectivity index (χ0n) is 15.1. The van der Waals surface area contributed by atoms with E-state index in [1.807, 2.05) is 48.7 Å². The van der Waals surface area contributed by atoms with Gasteiger partial charge in [0.1, 0.15) is 17.1 Å². The third-order valence-electron chi connectivity index (χ3n) is 4.17. The van der Waals surface area contributed by atoms with Crippen LogP contribution in [-0.2, 0) is 11.3 Å². The minimum absolute atomic E-state index is 0.128. The van der Waals surface area contributed by atoms with Gasteiger partial charge in [-0.2, -0.15) is 0 Å². The Hall–Kier alpha value is -3.45. The molecule has 1 amide bonds. The molecule has 2 aromatic heterocycles. The third kappa shape index (κ3) is 3.79. The Morgan fingerprint density at radius 1 is 1.14 bits per heavy atom. The summed E-state index contributed by atoms with van der Waals surface area (Å²) in [4.78, 5) is 29.8. The van der Waals surface area contributed by atoms with Crippen molar-refractivity contribution in [1.82, 2.24) is 9.55 Å². The summed E-state index contributed by atoms with van der Waals surface area (Å²) in [6.07, 6.45) is 1.40. The number of thiophene rings is 1. The molecule has 4 aromatic rings. The molecule has 0 aliphatic heterocycles. The highest BCUT2D eigenvalue weighted by molar-refractivity contribution is 7.16. The summed E-state index contributed by atoms with van der Waals surface area (Å²) in [6.45, 7) is 1.87. The van der Waals surface area contributed by atoms with Crippen LogP contribution in [0, 0.1) is 6.92 Å². The number of carbonyl (C=O) groups excluding carboxylic acids is 1. The van der Waals surface area contributed by atoms with Crippen molar-refractivity contribution in [3.05, 3.63) is 82.2 Å². The van der Waals surface area contributed by atoms with Crippen LogP contribution in [0.15, 0.2) is 71.1 Å². The number of nitrogens with one attached hydrogen (secondary N) is 1. The normalized spacial score (nSPS) is 10.8. The van der Waals surface area contributed by atoms with E-state index in [9.17, 15) is 9.59 Å². The van der Waals surface area contributed by atoms with Crippen LogP contribution >= 0.6 is 11.3 Å². The van der Waals surface area contributed by atoms with Crippen molar-refractivity contribution in [3.8, 4) is 11.5 Å². The van der Waals surface area contributed by atoms with E-state index in [2.05, 4.69) is 10.3 Å². The van der Waals surface area contributed by atoms with Gasteiger partial charge in [-0.25, -0.2) is 4.98 Å². The first-order chi connectivity index (χ1) is 13.6. The molecule has 2 aromatic carbocycles. The van der Waals surface area contributed by atoms with Gasteiger partial charge in [-0.3, -0.25) is 14.2 Å². The Morgan fingerprint density at radius 2 is 1.93 bits per heavy atom. The number of hydrogen-bond acceptors (Lipinski definition) is 5. The van der Waals surface area contributed by atoms with Crippen molar-refractivity contribution >= 4 is 33.1 Å². The molecule has 0 atom stereocenters. The van der Waals surface area contributed by atoms with E-state index in [1.54, 1.807) is 18.2 Å². The summed E-state index contributed by atoms with van der Waals surface area (Å²) in [7, 11) is 0. The van der Waals surface area contributed by atoms with Gasteiger partial charge in [0, 0.05) is 0 Å². The van der Waals surface area contributed by atoms with E-state index in [1.165, 1.54) is 22.2 Å². The lowest BCUT2D eigenvalue weighted by Gasteiger charge is -2.13. The fraction of sp³-hybridized carbons (Fsp3) is 0.0952. The zero-order valence-corrected chi connectivity index (χ0v) is 15.9. The van der Waals surface area contributed by atoms with Crippen LogP contribution in [-0.4, -0.2) is 15.5 Å². The third-order valence-corrected chi connectivity index (χ3v) is 5.00. The number of aromatic nitrogens is 2. The lowest BCUT2D eigenvalue weighted by atomic mass is 10.2. The van der Waals surface area contributed by atoms with E-state index in [0.29, 0.717) is 27.4 Å². The molecule has 6 nitrogen and oxygen atoms in total. The number of anilines is 1. The summed E-state index contributed by atoms with van der Waals surface area (Å²) < 4.78 is 7.19. The predicted octanol–water partition coefficient (Wildman–Crippen LogP) is 4.20. The Labute approximate surface area is 165 Å². The first-order valence-electron chi connectivity index (χ1n) is 8.66. The van der Waals surface area contributed by atoms with Crippen molar-refractivity contribution < 1.29 is 9.53 Å². The number of para-hydroxylation sites is 2. The first-order valence-corrected chi connectivity index (χ1v) is 9.54. The average Bonchev–Trinajstić information content (AvgIpc) is 3.17. The largest absolute Gasteiger partial charge is 0.455 e. The molecule has 4 rings (SSSR count). The maximum absolute atomic E-state index is 12.5. The summed E-state index contributed by atoms with van der Waals surface area (Å²) in [5.74, 6) is 0.868. The highest BCUT2D eigenvalue weighted by atomic mass is 32.1. The predicted molar refractivity (Wildman–Crippen MR) is 110 cm³/mol. The van der Waals surface area contributed by atoms with Gasteiger partial charge in [-0.05, 0) is 42.6 Å². The monoisotopic (exact) mass is 391 g/mol. The molecular weight excluding hydrogens is 374 g/mol. The Kier molecular flexibility index (Phi) is 4.90. The SMILES string of the molecule is Cc1ccc(Oc2ccccc2NC(=O)Cn2cnc3sccc3c2=O)cc1. The quantitative estimate of drug-likeness (QED) is 0.553. The zero-order chi connectivity index (χ0) is 19.5. The summed E-state index contributed by atoms with van der Waals surface area (Å²) in [6, 6.07) is 16.5. The molecule has 0 aliphatic rings. The van der Waals surface area contributed by atoms with Gasteiger partial charge in [-0.1, -0.05) is 29.8 Å². The van der Waals surface area contributed by atoms with Gasteiger partial charge >= 0.3 is 0 Å². The van der Waals surface area contributed by atoms with Crippen molar-refractivity contribution in [2.24, 2.45) is 0 Å². The second kappa shape index (κ2) is 7.66. The molecule has 0 unspecified atom stereocenters. The Balaban J connectivity index is 1.52. The number of ether oxygens (including phenoxy) is 1. The second-order valence-electron chi connectivity index (χ2n) is 6.28. The highest BCUT2D eigenvalue weighted by Crippen LogP contribution is 2.29. The van der Waals surface area contributed by atoms with Gasteiger partial charge < -0.3 is 10.1 Å². The Morgan fingerprint density at radius 3 is 2.75 bits per heavy atom. The summed E-state index contributed by atoms with van der Waals surface area (Å²) in [5, 5.41) is 5.14. The fourth-order valence-corrected chi connectivity index (χ4v) is 3.47. The first kappa shape index (κ1) is 17.9. The smallest absolute Gasteiger partial charge is 0.262 e. The standard InChI is InChI=1S/C21H17N3O3S/c1-14-6-8-15(9-7-14)27-18-5-3-2-4-17(18)23-19(25)12-24-13-22-20-16(21(24)26)10-11-28-20/h2-11,13H,12H2,1H3,(H,23,25). The molecule has 0 spiro atoms. The molecule has 0 radical (unpaired) electrons. The summed E-state index contributed by atoms with van der Waals surface area (Å²) >= 11 is 1.39. The van der Waals surface area contributed by atoms with Crippen molar-refractivity contribution in [1.29, 1.82) is 0 Å². The summed E-state index contributed by atoms with van der Waals surface area (Å²) in [5.41, 5.74) is 1.44. The van der Waals surface area contributed by atoms with Crippen molar-refractivity contribution in [3.63, 3.8) is 0 Å². The van der Waals surface area contributed by atoms with Crippen LogP contribution in [0.4, 0.5) is 5.69 Å². The number of amides is 1. The maximum Gasteiger partial charge on any atom is 0.262 e. The molecule has 140 valence electrons. The van der Waals surface area contributed by atoms with E-state index < -0.39 is 0 Å². The maximum atomic E-state index is 12.5. The highest BCUT2D eigenvalue weighted by Gasteiger charge is 2.12. The number of fused-ring (bicyclic) bond motifs is 1. The number of aryl methyl sites for hydroxylation is 1. The number of benzene rings is 2. The minimum Gasteiger partial charge on any atom is -0.455 e. The molecule has 28 heavy (non-hydrogen) atoms. The molecule has 0 aliphatic carbocycles. The second-order valence-corrected chi connectivity index (χ2v) is 7.17. The molecule has 0 bridgehead atoms. The fourth-order valence-electron chi connectivity index (χ4n) is 2.74. The molecule has 0 fully saturated rings. The topological polar surface area (TPSA) is 73.2 Å². The van der Waals surface area contributed by atoms with Crippen LogP contribution in [0.1, 0.15) is 5.56 Å². The van der Waals surface area contributed by atoms with Crippen molar-refractivity contribution in [2.75, 3.05) is 5.32 Å². The van der Waals surface area contributed by atoms with E-state index in [-0.39, 0.29) is 18.0 Å². The molecule has 0 saturated carbocycles. The van der Waals surface area contributed by atoms with Crippen LogP contribution in [0.2, 0.25) is 0 Å². The minimum atomic E-state index is -0.335. The van der Waals surface area contributed by atoms with Gasteiger partial charge in [0.05, 0.1) is 17.4 Å². The molecular formula is C21H17N3O3S. The molecule has 2 heterocycles. The number of hydrogen-bond donors (Lipinski definition) is 1. The molecule has 1 N–H and O–H groups in total. The van der Waals surface area contributed by atoms with E-state index in [0.717, 1.165) is 5.56 Å². The lowest BCUT2D eigenvalue weighted by molar-refractivity contribution is -0.116. The average molecular weight is 391 g/mol. The van der Waals surface area contributed by atoms with Gasteiger partial charge in [0.2, 0.25) is 5.91 Å². The molecule has 7 heteroatoms. The van der Waals surface area contributed by atoms with E-state index >= 15 is 0 Å². The van der Waals surface area contributed by atoms with E-state index in [4.69, 9.17) is 4.74 Å². The van der Waals surface area contributed by atoms with Gasteiger partial charge in [0.15, 0.2) is 5.75 Å². The number of nitrogens with zero attached hydrogens (tertiary/aromatic N) is 2. The van der Waals surface area contributed by atoms with Gasteiger partial charge in [-0.15, -0.1) is 11.3 Å². The van der Waals surface area contributed by atoms with Crippen molar-refractivity contribution in [2.45, 2.75) is 13.5 Å². The van der Waals surface area contributed by atoms with Crippen LogP contribution in [0.5, 0.6) is 11.5 Å². The van der Waals surface area contributed by atoms with Crippen LogP contribution in [0.25, 0.3) is 10.2 Å². The van der Waals surface area contributed by atoms with Gasteiger partial charge in [0.25, 0.3) is 5.56 Å². The van der Waals surface area contributed by atoms with Crippen LogP contribution < -0.4 is 15.6 Å². The number of carbonyl (C=O) groups is 1. The Bertz CT molecular complexity index is 1200. The number of rotatable bonds is 5. The van der Waals surface area contributed by atoms with Crippen LogP contribution in [0.3, 0.4) is 0 Å². The molecule has 0 saturated heterocycles.